The van der Waals surface area contributed by atoms with Crippen molar-refractivity contribution in [1.29, 1.82) is 0 Å². The molecule has 1 saturated heterocycles. The van der Waals surface area contributed by atoms with Crippen molar-refractivity contribution in [1.82, 2.24) is 10.2 Å². The molecular weight excluding hydrogens is 240 g/mol. The van der Waals surface area contributed by atoms with E-state index < -0.39 is 0 Å². The van der Waals surface area contributed by atoms with E-state index in [1.165, 1.54) is 0 Å². The highest BCUT2D eigenvalue weighted by Crippen LogP contribution is 2.19. The third kappa shape index (κ3) is 5.11. The Kier molecular flexibility index (Phi) is 8.07. The quantitative estimate of drug-likeness (QED) is 0.620. The van der Waals surface area contributed by atoms with Crippen molar-refractivity contribution in [2.45, 2.75) is 71.5 Å². The standard InChI is InChI=1S/C15H30N2O2/c1-4-7-10-13-15(18)17(11-8-12-19-6-3)14(16-13)9-5-2/h13-14,16H,4-12H2,1-3H3. The zero-order valence-electron chi connectivity index (χ0n) is 12.8. The molecule has 1 rings (SSSR count). The molecule has 1 aliphatic rings. The average Bonchev–Trinajstić information content (AvgIpc) is 2.70. The Balaban J connectivity index is 2.46. The van der Waals surface area contributed by atoms with E-state index in [0.717, 1.165) is 58.3 Å². The topological polar surface area (TPSA) is 41.6 Å². The van der Waals surface area contributed by atoms with E-state index in [9.17, 15) is 4.79 Å². The molecule has 2 atom stereocenters. The molecule has 0 saturated carbocycles. The molecule has 0 aromatic carbocycles. The smallest absolute Gasteiger partial charge is 0.241 e. The van der Waals surface area contributed by atoms with Crippen LogP contribution in [-0.4, -0.2) is 42.8 Å². The van der Waals surface area contributed by atoms with Crippen molar-refractivity contribution in [3.8, 4) is 0 Å². The second-order valence-electron chi connectivity index (χ2n) is 5.25. The number of ether oxygens (including phenoxy) is 1. The zero-order valence-corrected chi connectivity index (χ0v) is 12.8. The Labute approximate surface area is 117 Å². The van der Waals surface area contributed by atoms with Crippen LogP contribution in [0.1, 0.15) is 59.3 Å². The first-order valence-electron chi connectivity index (χ1n) is 7.88. The summed E-state index contributed by atoms with van der Waals surface area (Å²) in [4.78, 5) is 14.4. The lowest BCUT2D eigenvalue weighted by atomic mass is 10.1. The van der Waals surface area contributed by atoms with Gasteiger partial charge in [-0.1, -0.05) is 33.1 Å². The number of hydrogen-bond acceptors (Lipinski definition) is 3. The zero-order chi connectivity index (χ0) is 14.1. The van der Waals surface area contributed by atoms with Crippen LogP contribution in [-0.2, 0) is 9.53 Å². The van der Waals surface area contributed by atoms with Gasteiger partial charge < -0.3 is 9.64 Å². The van der Waals surface area contributed by atoms with Crippen LogP contribution in [0.3, 0.4) is 0 Å². The molecule has 0 spiro atoms. The van der Waals surface area contributed by atoms with Crippen molar-refractivity contribution >= 4 is 5.91 Å². The predicted molar refractivity (Wildman–Crippen MR) is 78.0 cm³/mol. The van der Waals surface area contributed by atoms with E-state index in [1.807, 2.05) is 11.8 Å². The van der Waals surface area contributed by atoms with E-state index in [0.29, 0.717) is 5.91 Å². The van der Waals surface area contributed by atoms with E-state index in [4.69, 9.17) is 4.74 Å². The van der Waals surface area contributed by atoms with Crippen molar-refractivity contribution in [3.63, 3.8) is 0 Å². The summed E-state index contributed by atoms with van der Waals surface area (Å²) >= 11 is 0. The number of nitrogens with zero attached hydrogens (tertiary/aromatic N) is 1. The minimum absolute atomic E-state index is 0.0450. The van der Waals surface area contributed by atoms with Gasteiger partial charge in [0.25, 0.3) is 0 Å². The molecule has 0 radical (unpaired) electrons. The lowest BCUT2D eigenvalue weighted by Gasteiger charge is -2.23. The number of carbonyl (C=O) groups excluding carboxylic acids is 1. The monoisotopic (exact) mass is 270 g/mol. The molecule has 19 heavy (non-hydrogen) atoms. The summed E-state index contributed by atoms with van der Waals surface area (Å²) < 4.78 is 5.36. The van der Waals surface area contributed by atoms with Gasteiger partial charge in [-0.2, -0.15) is 0 Å². The third-order valence-electron chi connectivity index (χ3n) is 3.65. The van der Waals surface area contributed by atoms with Crippen LogP contribution < -0.4 is 5.32 Å². The van der Waals surface area contributed by atoms with Crippen LogP contribution in [0.15, 0.2) is 0 Å². The predicted octanol–water partition coefficient (Wildman–Crippen LogP) is 2.53. The summed E-state index contributed by atoms with van der Waals surface area (Å²) in [6, 6.07) is 0.0450. The van der Waals surface area contributed by atoms with Crippen LogP contribution >= 0.6 is 0 Å². The van der Waals surface area contributed by atoms with Crippen LogP contribution in [0.5, 0.6) is 0 Å². The molecule has 1 aliphatic heterocycles. The van der Waals surface area contributed by atoms with Gasteiger partial charge >= 0.3 is 0 Å². The Morgan fingerprint density at radius 1 is 1.16 bits per heavy atom. The molecule has 0 aromatic rings. The summed E-state index contributed by atoms with van der Waals surface area (Å²) in [5, 5.41) is 3.50. The van der Waals surface area contributed by atoms with Gasteiger partial charge in [0, 0.05) is 19.8 Å². The van der Waals surface area contributed by atoms with Gasteiger partial charge in [0.1, 0.15) is 0 Å². The molecule has 2 unspecified atom stereocenters. The normalized spacial score (nSPS) is 23.3. The summed E-state index contributed by atoms with van der Waals surface area (Å²) in [7, 11) is 0. The average molecular weight is 270 g/mol. The van der Waals surface area contributed by atoms with Gasteiger partial charge in [-0.25, -0.2) is 0 Å². The summed E-state index contributed by atoms with van der Waals surface area (Å²) in [5.74, 6) is 0.295. The second kappa shape index (κ2) is 9.32. The highest BCUT2D eigenvalue weighted by atomic mass is 16.5. The van der Waals surface area contributed by atoms with Crippen LogP contribution in [0, 0.1) is 0 Å². The molecule has 1 N–H and O–H groups in total. The maximum Gasteiger partial charge on any atom is 0.241 e. The van der Waals surface area contributed by atoms with Gasteiger partial charge in [-0.05, 0) is 26.2 Å². The lowest BCUT2D eigenvalue weighted by molar-refractivity contribution is -0.130. The molecular formula is C15H30N2O2. The van der Waals surface area contributed by atoms with Gasteiger partial charge in [-0.15, -0.1) is 0 Å². The highest BCUT2D eigenvalue weighted by Gasteiger charge is 2.37. The van der Waals surface area contributed by atoms with Crippen LogP contribution in [0.2, 0.25) is 0 Å². The Bertz CT molecular complexity index is 259. The van der Waals surface area contributed by atoms with Crippen LogP contribution in [0.25, 0.3) is 0 Å². The fourth-order valence-corrected chi connectivity index (χ4v) is 2.62. The molecule has 4 nitrogen and oxygen atoms in total. The van der Waals surface area contributed by atoms with E-state index in [1.54, 1.807) is 0 Å². The van der Waals surface area contributed by atoms with Gasteiger partial charge in [0.15, 0.2) is 0 Å². The first-order valence-corrected chi connectivity index (χ1v) is 7.88. The summed E-state index contributed by atoms with van der Waals surface area (Å²) in [5.41, 5.74) is 0. The maximum absolute atomic E-state index is 12.4. The number of nitrogens with one attached hydrogen (secondary N) is 1. The van der Waals surface area contributed by atoms with Gasteiger partial charge in [0.05, 0.1) is 12.2 Å². The Morgan fingerprint density at radius 2 is 1.95 bits per heavy atom. The Morgan fingerprint density at radius 3 is 2.58 bits per heavy atom. The van der Waals surface area contributed by atoms with Crippen molar-refractivity contribution in [3.05, 3.63) is 0 Å². The van der Waals surface area contributed by atoms with E-state index >= 15 is 0 Å². The number of amides is 1. The summed E-state index contributed by atoms with van der Waals surface area (Å²) in [6.07, 6.45) is 6.56. The van der Waals surface area contributed by atoms with E-state index in [-0.39, 0.29) is 12.2 Å². The number of rotatable bonds is 10. The number of hydrogen-bond donors (Lipinski definition) is 1. The number of unbranched alkanes of at least 4 members (excludes halogenated alkanes) is 1. The second-order valence-corrected chi connectivity index (χ2v) is 5.25. The van der Waals surface area contributed by atoms with E-state index in [2.05, 4.69) is 19.2 Å². The molecule has 112 valence electrons. The molecule has 1 heterocycles. The van der Waals surface area contributed by atoms with Gasteiger partial charge in [0.2, 0.25) is 5.91 Å². The fourth-order valence-electron chi connectivity index (χ4n) is 2.62. The SMILES string of the molecule is CCCCC1NC(CCC)N(CCCOCC)C1=O. The minimum Gasteiger partial charge on any atom is -0.382 e. The number of carbonyl (C=O) groups is 1. The lowest BCUT2D eigenvalue weighted by Crippen LogP contribution is -2.38. The van der Waals surface area contributed by atoms with Crippen LogP contribution in [0.4, 0.5) is 0 Å². The van der Waals surface area contributed by atoms with Gasteiger partial charge in [-0.3, -0.25) is 10.1 Å². The highest BCUT2D eigenvalue weighted by molar-refractivity contribution is 5.84. The fraction of sp³-hybridized carbons (Fsp3) is 0.933. The molecule has 0 aromatic heterocycles. The largest absolute Gasteiger partial charge is 0.382 e. The molecule has 1 amide bonds. The Hall–Kier alpha value is -0.610. The first kappa shape index (κ1) is 16.4. The molecule has 0 bridgehead atoms. The minimum atomic E-state index is 0.0450. The summed E-state index contributed by atoms with van der Waals surface area (Å²) in [6.45, 7) is 8.66. The maximum atomic E-state index is 12.4. The van der Waals surface area contributed by atoms with Crippen molar-refractivity contribution in [2.24, 2.45) is 0 Å². The first-order chi connectivity index (χ1) is 9.24. The molecule has 0 aliphatic carbocycles. The van der Waals surface area contributed by atoms with Crippen molar-refractivity contribution in [2.75, 3.05) is 19.8 Å². The molecule has 4 heteroatoms. The third-order valence-corrected chi connectivity index (χ3v) is 3.65. The molecule has 1 fully saturated rings. The van der Waals surface area contributed by atoms with Crippen molar-refractivity contribution < 1.29 is 9.53 Å².